The number of aliphatic carboxylic acids is 1. The first-order valence-corrected chi connectivity index (χ1v) is 7.12. The third kappa shape index (κ3) is 4.72. The van der Waals surface area contributed by atoms with Crippen LogP contribution >= 0.6 is 0 Å². The second-order valence-corrected chi connectivity index (χ2v) is 5.94. The van der Waals surface area contributed by atoms with Gasteiger partial charge >= 0.3 is 5.97 Å². The minimum absolute atomic E-state index is 0.0878. The lowest BCUT2D eigenvalue weighted by Crippen LogP contribution is -2.22. The summed E-state index contributed by atoms with van der Waals surface area (Å²) in [6.07, 6.45) is -0.211. The maximum Gasteiger partial charge on any atom is 0.306 e. The number of hydrogen-bond acceptors (Lipinski definition) is 5. The van der Waals surface area contributed by atoms with E-state index in [1.807, 2.05) is 0 Å². The number of carboxylic acids is 1. The van der Waals surface area contributed by atoms with Gasteiger partial charge in [-0.15, -0.1) is 0 Å². The van der Waals surface area contributed by atoms with Gasteiger partial charge in [0.15, 0.2) is 9.84 Å². The van der Waals surface area contributed by atoms with Crippen LogP contribution in [0.1, 0.15) is 6.42 Å². The second kappa shape index (κ2) is 5.83. The van der Waals surface area contributed by atoms with Crippen LogP contribution < -0.4 is 5.32 Å². The van der Waals surface area contributed by atoms with Crippen LogP contribution in [0.4, 0.5) is 5.69 Å². The molecule has 0 aliphatic rings. The van der Waals surface area contributed by atoms with Gasteiger partial charge < -0.3 is 15.5 Å². The molecule has 0 heterocycles. The summed E-state index contributed by atoms with van der Waals surface area (Å²) in [5.74, 6) is -1.07. The normalized spacial score (nSPS) is 13.0. The number of benzene rings is 1. The van der Waals surface area contributed by atoms with Crippen molar-refractivity contribution in [1.82, 2.24) is 0 Å². The molecule has 1 aromatic rings. The number of aliphatic hydroxyl groups is 1. The lowest BCUT2D eigenvalue weighted by atomic mass is 10.2. The van der Waals surface area contributed by atoms with Crippen LogP contribution in [-0.2, 0) is 14.6 Å². The maximum absolute atomic E-state index is 11.2. The van der Waals surface area contributed by atoms with Gasteiger partial charge in [0.25, 0.3) is 0 Å². The molecule has 0 radical (unpaired) electrons. The standard InChI is InChI=1S/C11H15NO5S/c1-18(16,17)10-4-2-8(3-5-10)12-7-9(13)6-11(14)15/h2-5,9,12-13H,6-7H2,1H3,(H,14,15). The molecule has 0 amide bonds. The number of sulfone groups is 1. The molecule has 0 saturated heterocycles. The highest BCUT2D eigenvalue weighted by molar-refractivity contribution is 7.90. The molecule has 0 spiro atoms. The summed E-state index contributed by atoms with van der Waals surface area (Å²) in [5, 5.41) is 20.6. The van der Waals surface area contributed by atoms with Crippen molar-refractivity contribution in [3.05, 3.63) is 24.3 Å². The van der Waals surface area contributed by atoms with Crippen LogP contribution in [0, 0.1) is 0 Å². The van der Waals surface area contributed by atoms with E-state index in [9.17, 15) is 18.3 Å². The van der Waals surface area contributed by atoms with Crippen molar-refractivity contribution < 1.29 is 23.4 Å². The highest BCUT2D eigenvalue weighted by atomic mass is 32.2. The molecule has 0 aliphatic heterocycles. The van der Waals surface area contributed by atoms with Crippen molar-refractivity contribution in [3.8, 4) is 0 Å². The fourth-order valence-electron chi connectivity index (χ4n) is 1.33. The van der Waals surface area contributed by atoms with Gasteiger partial charge in [0.05, 0.1) is 17.4 Å². The van der Waals surface area contributed by atoms with Crippen LogP contribution in [0.25, 0.3) is 0 Å². The summed E-state index contributed by atoms with van der Waals surface area (Å²) in [7, 11) is -3.22. The fraction of sp³-hybridized carbons (Fsp3) is 0.364. The Morgan fingerprint density at radius 3 is 2.33 bits per heavy atom. The molecule has 0 bridgehead atoms. The number of anilines is 1. The topological polar surface area (TPSA) is 104 Å². The first-order valence-electron chi connectivity index (χ1n) is 5.23. The van der Waals surface area contributed by atoms with E-state index in [1.54, 1.807) is 12.1 Å². The minimum Gasteiger partial charge on any atom is -0.481 e. The van der Waals surface area contributed by atoms with Gasteiger partial charge in [-0.1, -0.05) is 0 Å². The first-order chi connectivity index (χ1) is 8.29. The summed E-state index contributed by atoms with van der Waals surface area (Å²) in [6, 6.07) is 6.01. The Balaban J connectivity index is 2.57. The highest BCUT2D eigenvalue weighted by Gasteiger charge is 2.09. The summed E-state index contributed by atoms with van der Waals surface area (Å²) in [4.78, 5) is 10.5. The lowest BCUT2D eigenvalue weighted by Gasteiger charge is -2.11. The Morgan fingerprint density at radius 1 is 1.33 bits per heavy atom. The van der Waals surface area contributed by atoms with Gasteiger partial charge in [0.1, 0.15) is 0 Å². The SMILES string of the molecule is CS(=O)(=O)c1ccc(NCC(O)CC(=O)O)cc1. The summed E-state index contributed by atoms with van der Waals surface area (Å²) in [6.45, 7) is 0.0878. The van der Waals surface area contributed by atoms with E-state index in [1.165, 1.54) is 12.1 Å². The largest absolute Gasteiger partial charge is 0.481 e. The number of hydrogen-bond donors (Lipinski definition) is 3. The Labute approximate surface area is 105 Å². The molecule has 1 atom stereocenters. The van der Waals surface area contributed by atoms with Gasteiger partial charge in [-0.2, -0.15) is 0 Å². The van der Waals surface area contributed by atoms with Crippen molar-refractivity contribution in [2.24, 2.45) is 0 Å². The molecule has 18 heavy (non-hydrogen) atoms. The zero-order valence-electron chi connectivity index (χ0n) is 9.83. The molecule has 1 unspecified atom stereocenters. The number of carbonyl (C=O) groups is 1. The van der Waals surface area contributed by atoms with E-state index in [0.717, 1.165) is 6.26 Å². The molecule has 6 nitrogen and oxygen atoms in total. The molecule has 1 rings (SSSR count). The lowest BCUT2D eigenvalue weighted by molar-refractivity contribution is -0.138. The number of nitrogens with one attached hydrogen (secondary N) is 1. The van der Waals surface area contributed by atoms with Gasteiger partial charge in [-0.05, 0) is 24.3 Å². The van der Waals surface area contributed by atoms with Crippen LogP contribution in [0.15, 0.2) is 29.2 Å². The van der Waals surface area contributed by atoms with E-state index < -0.39 is 21.9 Å². The zero-order valence-corrected chi connectivity index (χ0v) is 10.6. The summed E-state index contributed by atoms with van der Waals surface area (Å²) >= 11 is 0. The molecule has 0 fully saturated rings. The van der Waals surface area contributed by atoms with Crippen molar-refractivity contribution in [2.45, 2.75) is 17.4 Å². The number of aliphatic hydroxyl groups excluding tert-OH is 1. The Bertz CT molecular complexity index is 509. The van der Waals surface area contributed by atoms with Gasteiger partial charge in [-0.3, -0.25) is 4.79 Å². The van der Waals surface area contributed by atoms with E-state index in [0.29, 0.717) is 5.69 Å². The van der Waals surface area contributed by atoms with Crippen LogP contribution in [-0.4, -0.2) is 43.5 Å². The van der Waals surface area contributed by atoms with Crippen LogP contribution in [0.3, 0.4) is 0 Å². The predicted octanol–water partition coefficient (Wildman–Crippen LogP) is 0.338. The van der Waals surface area contributed by atoms with Gasteiger partial charge in [0.2, 0.25) is 0 Å². The number of carboxylic acid groups (broad SMARTS) is 1. The van der Waals surface area contributed by atoms with Gasteiger partial charge in [0, 0.05) is 18.5 Å². The average Bonchev–Trinajstić information content (AvgIpc) is 2.25. The van der Waals surface area contributed by atoms with E-state index in [4.69, 9.17) is 5.11 Å². The third-order valence-corrected chi connectivity index (χ3v) is 3.36. The van der Waals surface area contributed by atoms with Crippen molar-refractivity contribution in [2.75, 3.05) is 18.1 Å². The molecule has 100 valence electrons. The van der Waals surface area contributed by atoms with Crippen LogP contribution in [0.2, 0.25) is 0 Å². The van der Waals surface area contributed by atoms with E-state index >= 15 is 0 Å². The predicted molar refractivity (Wildman–Crippen MR) is 66.3 cm³/mol. The molecule has 3 N–H and O–H groups in total. The molecular formula is C11H15NO5S. The number of rotatable bonds is 6. The summed E-state index contributed by atoms with van der Waals surface area (Å²) in [5.41, 5.74) is 0.617. The van der Waals surface area contributed by atoms with E-state index in [-0.39, 0.29) is 17.9 Å². The van der Waals surface area contributed by atoms with Crippen molar-refractivity contribution >= 4 is 21.5 Å². The molecular weight excluding hydrogens is 258 g/mol. The fourth-order valence-corrected chi connectivity index (χ4v) is 1.96. The highest BCUT2D eigenvalue weighted by Crippen LogP contribution is 2.13. The first kappa shape index (κ1) is 14.5. The smallest absolute Gasteiger partial charge is 0.306 e. The Hall–Kier alpha value is -1.60. The quantitative estimate of drug-likeness (QED) is 0.690. The molecule has 1 aromatic carbocycles. The Kier molecular flexibility index (Phi) is 4.69. The second-order valence-electron chi connectivity index (χ2n) is 3.93. The Morgan fingerprint density at radius 2 is 1.89 bits per heavy atom. The molecule has 0 aliphatic carbocycles. The average molecular weight is 273 g/mol. The van der Waals surface area contributed by atoms with Gasteiger partial charge in [-0.25, -0.2) is 8.42 Å². The monoisotopic (exact) mass is 273 g/mol. The molecule has 0 aromatic heterocycles. The molecule has 7 heteroatoms. The summed E-state index contributed by atoms with van der Waals surface area (Å²) < 4.78 is 22.4. The minimum atomic E-state index is -3.22. The molecule has 0 saturated carbocycles. The van der Waals surface area contributed by atoms with E-state index in [2.05, 4.69) is 5.32 Å². The van der Waals surface area contributed by atoms with Crippen LogP contribution in [0.5, 0.6) is 0 Å². The third-order valence-electron chi connectivity index (χ3n) is 2.23. The van der Waals surface area contributed by atoms with Crippen molar-refractivity contribution in [1.29, 1.82) is 0 Å². The zero-order chi connectivity index (χ0) is 13.8. The van der Waals surface area contributed by atoms with Crippen molar-refractivity contribution in [3.63, 3.8) is 0 Å². The maximum atomic E-state index is 11.2.